The van der Waals surface area contributed by atoms with Crippen LogP contribution in [0.15, 0.2) is 54.4 Å². The van der Waals surface area contributed by atoms with Crippen LogP contribution in [0, 0.1) is 5.82 Å². The Morgan fingerprint density at radius 3 is 2.24 bits per heavy atom. The first kappa shape index (κ1) is 32.4. The zero-order valence-corrected chi connectivity index (χ0v) is 21.3. The van der Waals surface area contributed by atoms with Crippen molar-refractivity contribution in [2.24, 2.45) is 0 Å². The molecule has 2 aromatic rings. The van der Waals surface area contributed by atoms with E-state index in [1.54, 1.807) is 30.5 Å². The summed E-state index contributed by atoms with van der Waals surface area (Å²) in [7, 11) is 0. The molecule has 2 N–H and O–H groups in total. The molecule has 7 heteroatoms. The number of halogens is 2. The second-order valence-corrected chi connectivity index (χ2v) is 7.10. The van der Waals surface area contributed by atoms with Crippen LogP contribution in [0.4, 0.5) is 8.78 Å². The number of rotatable bonds is 8. The van der Waals surface area contributed by atoms with Crippen LogP contribution >= 0.6 is 11.3 Å². The zero-order valence-electron chi connectivity index (χ0n) is 20.5. The van der Waals surface area contributed by atoms with Crippen LogP contribution in [0.2, 0.25) is 0 Å². The number of aromatic carboxylic acids is 1. The van der Waals surface area contributed by atoms with Crippen LogP contribution < -0.4 is 5.32 Å². The summed E-state index contributed by atoms with van der Waals surface area (Å²) in [4.78, 5) is 22.3. The third kappa shape index (κ3) is 14.1. The van der Waals surface area contributed by atoms with Gasteiger partial charge in [-0.25, -0.2) is 13.6 Å². The topological polar surface area (TPSA) is 66.4 Å². The number of carboxylic acids is 1. The molecule has 0 aliphatic heterocycles. The highest BCUT2D eigenvalue weighted by Crippen LogP contribution is 2.20. The lowest BCUT2D eigenvalue weighted by Crippen LogP contribution is -2.24. The van der Waals surface area contributed by atoms with E-state index in [4.69, 9.17) is 5.11 Å². The number of carbonyl (C=O) groups is 2. The number of amides is 1. The van der Waals surface area contributed by atoms with Gasteiger partial charge in [0, 0.05) is 12.1 Å². The monoisotopic (exact) mass is 481 g/mol. The van der Waals surface area contributed by atoms with Gasteiger partial charge in [-0.3, -0.25) is 4.79 Å². The molecule has 0 saturated heterocycles. The summed E-state index contributed by atoms with van der Waals surface area (Å²) < 4.78 is 27.2. The largest absolute Gasteiger partial charge is 0.477 e. The molecule has 0 radical (unpaired) electrons. The summed E-state index contributed by atoms with van der Waals surface area (Å²) in [5, 5.41) is 12.7. The Kier molecular flexibility index (Phi) is 19.5. The molecule has 0 aliphatic carbocycles. The fourth-order valence-corrected chi connectivity index (χ4v) is 2.85. The van der Waals surface area contributed by atoms with Crippen LogP contribution in [0.5, 0.6) is 0 Å². The SMILES string of the molecule is C=CCC(F)/C=C(\C)c1cc(F)cc(C(=O)NCCC)c1.CC.CC.O=C(O)c1cccs1. The molecule has 1 aromatic heterocycles. The molecule has 1 unspecified atom stereocenters. The third-order valence-electron chi connectivity index (χ3n) is 3.71. The van der Waals surface area contributed by atoms with Crippen molar-refractivity contribution in [2.75, 3.05) is 6.54 Å². The van der Waals surface area contributed by atoms with E-state index in [2.05, 4.69) is 11.9 Å². The fraction of sp³-hybridized carbons (Fsp3) is 0.385. The molecule has 1 amide bonds. The van der Waals surface area contributed by atoms with E-state index in [-0.39, 0.29) is 17.9 Å². The minimum absolute atomic E-state index is 0.205. The molecule has 0 fully saturated rings. The predicted molar refractivity (Wildman–Crippen MR) is 136 cm³/mol. The number of thiophene rings is 1. The van der Waals surface area contributed by atoms with Crippen LogP contribution in [0.1, 0.15) is 80.0 Å². The van der Waals surface area contributed by atoms with Crippen molar-refractivity contribution in [1.82, 2.24) is 5.32 Å². The normalized spacial score (nSPS) is 10.7. The molecule has 184 valence electrons. The molecular formula is C26H37F2NO3S. The molecule has 0 spiro atoms. The van der Waals surface area contributed by atoms with Gasteiger partial charge in [-0.05, 0) is 66.6 Å². The van der Waals surface area contributed by atoms with Gasteiger partial charge in [0.2, 0.25) is 0 Å². The van der Waals surface area contributed by atoms with Gasteiger partial charge >= 0.3 is 5.97 Å². The third-order valence-corrected chi connectivity index (χ3v) is 4.56. The van der Waals surface area contributed by atoms with Gasteiger partial charge in [-0.15, -0.1) is 17.9 Å². The summed E-state index contributed by atoms with van der Waals surface area (Å²) in [5.74, 6) is -1.69. The van der Waals surface area contributed by atoms with Crippen molar-refractivity contribution >= 4 is 28.8 Å². The van der Waals surface area contributed by atoms with E-state index < -0.39 is 18.0 Å². The molecule has 1 atom stereocenters. The molecule has 0 saturated carbocycles. The number of nitrogens with one attached hydrogen (secondary N) is 1. The van der Waals surface area contributed by atoms with Gasteiger partial charge in [-0.1, -0.05) is 46.8 Å². The summed E-state index contributed by atoms with van der Waals surface area (Å²) in [5.41, 5.74) is 1.34. The molecule has 1 heterocycles. The second kappa shape index (κ2) is 19.9. The van der Waals surface area contributed by atoms with Crippen molar-refractivity contribution in [3.63, 3.8) is 0 Å². The molecule has 4 nitrogen and oxygen atoms in total. The summed E-state index contributed by atoms with van der Waals surface area (Å²) in [6.07, 6.45) is 2.74. The summed E-state index contributed by atoms with van der Waals surface area (Å²) in [6, 6.07) is 7.34. The van der Waals surface area contributed by atoms with Crippen molar-refractivity contribution < 1.29 is 23.5 Å². The Hall–Kier alpha value is -2.80. The number of carbonyl (C=O) groups excluding carboxylic acids is 1. The predicted octanol–water partition coefficient (Wildman–Crippen LogP) is 7.78. The number of alkyl halides is 1. The first-order valence-electron chi connectivity index (χ1n) is 11.1. The van der Waals surface area contributed by atoms with E-state index in [0.717, 1.165) is 6.42 Å². The molecular weight excluding hydrogens is 444 g/mol. The Labute approximate surface area is 201 Å². The van der Waals surface area contributed by atoms with Gasteiger partial charge in [-0.2, -0.15) is 0 Å². The maximum atomic E-state index is 13.6. The maximum Gasteiger partial charge on any atom is 0.345 e. The molecule has 33 heavy (non-hydrogen) atoms. The minimum atomic E-state index is -1.16. The van der Waals surface area contributed by atoms with Crippen LogP contribution in [0.25, 0.3) is 5.57 Å². The quantitative estimate of drug-likeness (QED) is 0.378. The van der Waals surface area contributed by atoms with E-state index in [1.807, 2.05) is 34.6 Å². The van der Waals surface area contributed by atoms with Crippen molar-refractivity contribution in [3.8, 4) is 0 Å². The first-order chi connectivity index (χ1) is 15.8. The Morgan fingerprint density at radius 2 is 1.79 bits per heavy atom. The van der Waals surface area contributed by atoms with Gasteiger partial charge in [0.05, 0.1) is 0 Å². The van der Waals surface area contributed by atoms with E-state index in [9.17, 15) is 18.4 Å². The highest BCUT2D eigenvalue weighted by atomic mass is 32.1. The zero-order chi connectivity index (χ0) is 25.8. The highest BCUT2D eigenvalue weighted by Gasteiger charge is 2.10. The molecule has 1 aromatic carbocycles. The lowest BCUT2D eigenvalue weighted by atomic mass is 10.0. The number of hydrogen-bond acceptors (Lipinski definition) is 3. The van der Waals surface area contributed by atoms with E-state index in [1.165, 1.54) is 35.6 Å². The van der Waals surface area contributed by atoms with Gasteiger partial charge in [0.1, 0.15) is 16.9 Å². The minimum Gasteiger partial charge on any atom is -0.477 e. The number of allylic oxidation sites excluding steroid dienone is 3. The molecule has 0 aliphatic rings. The van der Waals surface area contributed by atoms with Crippen molar-refractivity contribution in [2.45, 2.75) is 60.6 Å². The lowest BCUT2D eigenvalue weighted by molar-refractivity contribution is 0.0702. The average Bonchev–Trinajstić information content (AvgIpc) is 3.36. The summed E-state index contributed by atoms with van der Waals surface area (Å²) in [6.45, 7) is 15.6. The Bertz CT molecular complexity index is 849. The first-order valence-corrected chi connectivity index (χ1v) is 12.0. The fourth-order valence-electron chi connectivity index (χ4n) is 2.28. The van der Waals surface area contributed by atoms with Gasteiger partial charge in [0.15, 0.2) is 0 Å². The summed E-state index contributed by atoms with van der Waals surface area (Å²) >= 11 is 1.23. The van der Waals surface area contributed by atoms with Crippen molar-refractivity contribution in [3.05, 3.63) is 76.3 Å². The number of benzene rings is 1. The van der Waals surface area contributed by atoms with Crippen molar-refractivity contribution in [1.29, 1.82) is 0 Å². The Balaban J connectivity index is 0. The maximum absolute atomic E-state index is 13.6. The van der Waals surface area contributed by atoms with Crippen LogP contribution in [-0.2, 0) is 0 Å². The standard InChI is InChI=1S/C17H21F2NO.C5H4O2S.2C2H6/c1-4-6-15(18)8-12(3)13-9-14(11-16(19)10-13)17(21)20-7-5-2;6-5(7)4-2-1-3-8-4;2*1-2/h4,8-11,15H,1,5-7H2,2-3H3,(H,20,21);1-3H,(H,6,7);2*1-2H3/b12-8+;;;. The van der Waals surface area contributed by atoms with Crippen LogP contribution in [-0.4, -0.2) is 29.7 Å². The number of hydrogen-bond donors (Lipinski definition) is 2. The van der Waals surface area contributed by atoms with Gasteiger partial charge in [0.25, 0.3) is 5.91 Å². The molecule has 2 rings (SSSR count). The van der Waals surface area contributed by atoms with Gasteiger partial charge < -0.3 is 10.4 Å². The smallest absolute Gasteiger partial charge is 0.345 e. The Morgan fingerprint density at radius 1 is 1.18 bits per heavy atom. The number of carboxylic acid groups (broad SMARTS) is 1. The second-order valence-electron chi connectivity index (χ2n) is 6.16. The van der Waals surface area contributed by atoms with E-state index in [0.29, 0.717) is 22.6 Å². The highest BCUT2D eigenvalue weighted by molar-refractivity contribution is 7.11. The molecule has 0 bridgehead atoms. The van der Waals surface area contributed by atoms with E-state index >= 15 is 0 Å². The lowest BCUT2D eigenvalue weighted by Gasteiger charge is -2.08. The van der Waals surface area contributed by atoms with Crippen LogP contribution in [0.3, 0.4) is 0 Å². The average molecular weight is 482 g/mol.